The van der Waals surface area contributed by atoms with Crippen LogP contribution in [0.15, 0.2) is 12.2 Å². The number of rotatable bonds is 2. The smallest absolute Gasteiger partial charge is 0.177 e. The maximum atomic E-state index is 5.13. The van der Waals surface area contributed by atoms with Gasteiger partial charge in [0.15, 0.2) is 6.29 Å². The molecular formula is C6H9BrO2. The molecule has 52 valence electrons. The molecule has 3 heteroatoms. The van der Waals surface area contributed by atoms with Gasteiger partial charge in [0.1, 0.15) is 0 Å². The summed E-state index contributed by atoms with van der Waals surface area (Å²) in [5.74, 6) is 0. The van der Waals surface area contributed by atoms with Crippen LogP contribution in [0.3, 0.4) is 0 Å². The Morgan fingerprint density at radius 3 is 2.67 bits per heavy atom. The van der Waals surface area contributed by atoms with Crippen LogP contribution in [0.25, 0.3) is 0 Å². The Bertz CT molecular complexity index is 97.2. The minimum Gasteiger partial charge on any atom is -0.347 e. The summed E-state index contributed by atoms with van der Waals surface area (Å²) in [7, 11) is 0. The summed E-state index contributed by atoms with van der Waals surface area (Å²) in [6, 6.07) is 0. The standard InChI is InChI=1S/C6H9BrO2/c7-3-1-2-6-8-4-5-9-6/h1-2,6H,3-5H2/b2-1+. The fourth-order valence-electron chi connectivity index (χ4n) is 0.650. The third kappa shape index (κ3) is 2.47. The molecule has 9 heavy (non-hydrogen) atoms. The molecular weight excluding hydrogens is 184 g/mol. The number of hydrogen-bond acceptors (Lipinski definition) is 2. The van der Waals surface area contributed by atoms with Crippen LogP contribution in [0.2, 0.25) is 0 Å². The summed E-state index contributed by atoms with van der Waals surface area (Å²) in [4.78, 5) is 0. The largest absolute Gasteiger partial charge is 0.347 e. The van der Waals surface area contributed by atoms with Gasteiger partial charge in [-0.05, 0) is 6.08 Å². The van der Waals surface area contributed by atoms with E-state index in [0.717, 1.165) is 18.5 Å². The first-order valence-corrected chi connectivity index (χ1v) is 4.01. The lowest BCUT2D eigenvalue weighted by Crippen LogP contribution is -2.01. The van der Waals surface area contributed by atoms with Crippen molar-refractivity contribution in [3.63, 3.8) is 0 Å². The van der Waals surface area contributed by atoms with Gasteiger partial charge in [0.05, 0.1) is 13.2 Å². The lowest BCUT2D eigenvalue weighted by Gasteiger charge is -1.99. The van der Waals surface area contributed by atoms with Crippen molar-refractivity contribution < 1.29 is 9.47 Å². The van der Waals surface area contributed by atoms with Gasteiger partial charge in [-0.3, -0.25) is 0 Å². The van der Waals surface area contributed by atoms with E-state index in [1.165, 1.54) is 0 Å². The second kappa shape index (κ2) is 4.04. The highest BCUT2D eigenvalue weighted by Gasteiger charge is 2.10. The number of halogens is 1. The Labute approximate surface area is 63.0 Å². The zero-order valence-electron chi connectivity index (χ0n) is 5.05. The van der Waals surface area contributed by atoms with Crippen LogP contribution >= 0.6 is 15.9 Å². The average molecular weight is 193 g/mol. The number of ether oxygens (including phenoxy) is 2. The summed E-state index contributed by atoms with van der Waals surface area (Å²) >= 11 is 3.26. The summed E-state index contributed by atoms with van der Waals surface area (Å²) < 4.78 is 10.3. The zero-order valence-corrected chi connectivity index (χ0v) is 6.63. The highest BCUT2D eigenvalue weighted by Crippen LogP contribution is 2.04. The van der Waals surface area contributed by atoms with E-state index in [1.54, 1.807) is 0 Å². The Morgan fingerprint density at radius 1 is 1.44 bits per heavy atom. The summed E-state index contributed by atoms with van der Waals surface area (Å²) in [6.07, 6.45) is 3.78. The van der Waals surface area contributed by atoms with E-state index < -0.39 is 0 Å². The monoisotopic (exact) mass is 192 g/mol. The van der Waals surface area contributed by atoms with Gasteiger partial charge in [-0.2, -0.15) is 0 Å². The van der Waals surface area contributed by atoms with Crippen molar-refractivity contribution in [2.75, 3.05) is 18.5 Å². The van der Waals surface area contributed by atoms with Crippen molar-refractivity contribution in [2.24, 2.45) is 0 Å². The molecule has 0 radical (unpaired) electrons. The van der Waals surface area contributed by atoms with Crippen molar-refractivity contribution >= 4 is 15.9 Å². The summed E-state index contributed by atoms with van der Waals surface area (Å²) in [6.45, 7) is 1.44. The van der Waals surface area contributed by atoms with Gasteiger partial charge in [0, 0.05) is 5.33 Å². The van der Waals surface area contributed by atoms with E-state index in [4.69, 9.17) is 9.47 Å². The minimum atomic E-state index is -0.0949. The van der Waals surface area contributed by atoms with E-state index in [0.29, 0.717) is 0 Å². The van der Waals surface area contributed by atoms with E-state index in [9.17, 15) is 0 Å². The van der Waals surface area contributed by atoms with Crippen molar-refractivity contribution in [1.82, 2.24) is 0 Å². The van der Waals surface area contributed by atoms with Gasteiger partial charge in [0.25, 0.3) is 0 Å². The SMILES string of the molecule is BrC/C=C/C1OCCO1. The van der Waals surface area contributed by atoms with Crippen molar-refractivity contribution in [1.29, 1.82) is 0 Å². The molecule has 1 rings (SSSR count). The van der Waals surface area contributed by atoms with Gasteiger partial charge in [-0.1, -0.05) is 22.0 Å². The van der Waals surface area contributed by atoms with Crippen LogP contribution in [0.4, 0.5) is 0 Å². The number of hydrogen-bond donors (Lipinski definition) is 0. The first-order chi connectivity index (χ1) is 4.43. The molecule has 0 aromatic heterocycles. The lowest BCUT2D eigenvalue weighted by atomic mass is 10.5. The Balaban J connectivity index is 2.18. The normalized spacial score (nSPS) is 21.9. The summed E-state index contributed by atoms with van der Waals surface area (Å²) in [5.41, 5.74) is 0. The molecule has 1 saturated heterocycles. The maximum Gasteiger partial charge on any atom is 0.177 e. The molecule has 1 fully saturated rings. The molecule has 0 amide bonds. The predicted molar refractivity (Wildman–Crippen MR) is 38.6 cm³/mol. The molecule has 0 saturated carbocycles. The molecule has 0 aromatic rings. The highest BCUT2D eigenvalue weighted by molar-refractivity contribution is 9.09. The average Bonchev–Trinajstić information content (AvgIpc) is 2.34. The first kappa shape index (κ1) is 7.25. The molecule has 0 bridgehead atoms. The van der Waals surface area contributed by atoms with Gasteiger partial charge < -0.3 is 9.47 Å². The van der Waals surface area contributed by atoms with Crippen molar-refractivity contribution in [3.8, 4) is 0 Å². The number of allylic oxidation sites excluding steroid dienone is 1. The molecule has 1 aliphatic rings. The van der Waals surface area contributed by atoms with E-state index in [-0.39, 0.29) is 6.29 Å². The second-order valence-electron chi connectivity index (χ2n) is 1.69. The van der Waals surface area contributed by atoms with Gasteiger partial charge >= 0.3 is 0 Å². The van der Waals surface area contributed by atoms with Crippen molar-refractivity contribution in [3.05, 3.63) is 12.2 Å². The molecule has 0 atom stereocenters. The molecule has 0 spiro atoms. The molecule has 2 nitrogen and oxygen atoms in total. The predicted octanol–water partition coefficient (Wildman–Crippen LogP) is 1.31. The fraction of sp³-hybridized carbons (Fsp3) is 0.667. The van der Waals surface area contributed by atoms with E-state index >= 15 is 0 Å². The highest BCUT2D eigenvalue weighted by atomic mass is 79.9. The van der Waals surface area contributed by atoms with Crippen LogP contribution in [-0.4, -0.2) is 24.8 Å². The molecule has 1 aliphatic heterocycles. The molecule has 0 aromatic carbocycles. The van der Waals surface area contributed by atoms with Gasteiger partial charge in [-0.25, -0.2) is 0 Å². The van der Waals surface area contributed by atoms with Crippen LogP contribution in [0, 0.1) is 0 Å². The zero-order chi connectivity index (χ0) is 6.53. The topological polar surface area (TPSA) is 18.5 Å². The van der Waals surface area contributed by atoms with Crippen LogP contribution < -0.4 is 0 Å². The van der Waals surface area contributed by atoms with Crippen LogP contribution in [-0.2, 0) is 9.47 Å². The Morgan fingerprint density at radius 2 is 2.11 bits per heavy atom. The van der Waals surface area contributed by atoms with Crippen LogP contribution in [0.5, 0.6) is 0 Å². The van der Waals surface area contributed by atoms with E-state index in [1.807, 2.05) is 12.2 Å². The molecule has 0 unspecified atom stereocenters. The van der Waals surface area contributed by atoms with Gasteiger partial charge in [0.2, 0.25) is 0 Å². The van der Waals surface area contributed by atoms with Crippen molar-refractivity contribution in [2.45, 2.75) is 6.29 Å². The molecule has 0 N–H and O–H groups in total. The summed E-state index contributed by atoms with van der Waals surface area (Å²) in [5, 5.41) is 0.857. The lowest BCUT2D eigenvalue weighted by molar-refractivity contribution is -0.00160. The first-order valence-electron chi connectivity index (χ1n) is 2.89. The fourth-order valence-corrected chi connectivity index (χ4v) is 0.866. The number of alkyl halides is 1. The van der Waals surface area contributed by atoms with Gasteiger partial charge in [-0.15, -0.1) is 0 Å². The third-order valence-corrected chi connectivity index (χ3v) is 1.40. The Hall–Kier alpha value is 0.140. The third-order valence-electron chi connectivity index (χ3n) is 1.03. The van der Waals surface area contributed by atoms with Crippen LogP contribution in [0.1, 0.15) is 0 Å². The molecule has 0 aliphatic carbocycles. The maximum absolute atomic E-state index is 5.13. The molecule has 1 heterocycles. The quantitative estimate of drug-likeness (QED) is 0.486. The Kier molecular flexibility index (Phi) is 3.25. The second-order valence-corrected chi connectivity index (χ2v) is 2.34. The minimum absolute atomic E-state index is 0.0949. The van der Waals surface area contributed by atoms with E-state index in [2.05, 4.69) is 15.9 Å².